The molecule has 0 bridgehead atoms. The Bertz CT molecular complexity index is 997. The second kappa shape index (κ2) is 12.7. The lowest BCUT2D eigenvalue weighted by atomic mass is 9.94. The summed E-state index contributed by atoms with van der Waals surface area (Å²) >= 11 is 0. The van der Waals surface area contributed by atoms with E-state index in [2.05, 4.69) is 36.4 Å². The fourth-order valence-corrected chi connectivity index (χ4v) is 6.34. The van der Waals surface area contributed by atoms with Crippen LogP contribution >= 0.6 is 0 Å². The van der Waals surface area contributed by atoms with Gasteiger partial charge in [0.1, 0.15) is 12.1 Å². The van der Waals surface area contributed by atoms with Gasteiger partial charge in [-0.1, -0.05) is 66.9 Å². The smallest absolute Gasteiger partial charge is 0.407 e. The van der Waals surface area contributed by atoms with Gasteiger partial charge in [0, 0.05) is 13.1 Å². The van der Waals surface area contributed by atoms with Gasteiger partial charge in [0.2, 0.25) is 17.6 Å². The standard InChI is InChI=1S/C30H48N4O6/c1-8-12-20(24(35)26(37)31-15-9-2)32-25(36)23-21-19(30(21,6)7)16-34(23)27(38)22(18-13-10-11-14-18)33-28(39)40-17-29(3,4)5/h9,18-23H,2,8,10-17H2,1,3-7H3,(H,31,37)(H,32,36)(H,33,39)/t19-,20?,21-,22-,23-/m0/s1. The summed E-state index contributed by atoms with van der Waals surface area (Å²) in [6.45, 7) is 16.2. The molecule has 2 saturated carbocycles. The maximum Gasteiger partial charge on any atom is 0.407 e. The molecule has 10 nitrogen and oxygen atoms in total. The number of amides is 4. The van der Waals surface area contributed by atoms with E-state index in [1.54, 1.807) is 4.90 Å². The summed E-state index contributed by atoms with van der Waals surface area (Å²) in [5, 5.41) is 8.11. The third-order valence-corrected chi connectivity index (χ3v) is 8.65. The lowest BCUT2D eigenvalue weighted by Crippen LogP contribution is -2.59. The number of nitrogens with one attached hydrogen (secondary N) is 3. The van der Waals surface area contributed by atoms with Crippen LogP contribution in [0.25, 0.3) is 0 Å². The monoisotopic (exact) mass is 560 g/mol. The molecule has 1 heterocycles. The van der Waals surface area contributed by atoms with Crippen molar-refractivity contribution < 1.29 is 28.7 Å². The van der Waals surface area contributed by atoms with Crippen molar-refractivity contribution >= 4 is 29.6 Å². The SMILES string of the molecule is C=CCNC(=O)C(=O)C(CCC)NC(=O)[C@@H]1[C@@H]2[C@H](CN1C(=O)[C@@H](NC(=O)OCC(C)(C)C)C1CCCC1)C2(C)C. The molecule has 2 aliphatic carbocycles. The average Bonchev–Trinajstić information content (AvgIpc) is 3.34. The molecule has 1 unspecified atom stereocenters. The first-order chi connectivity index (χ1) is 18.7. The van der Waals surface area contributed by atoms with E-state index in [4.69, 9.17) is 4.74 Å². The molecule has 1 aliphatic heterocycles. The van der Waals surface area contributed by atoms with Crippen molar-refractivity contribution in [2.24, 2.45) is 28.6 Å². The van der Waals surface area contributed by atoms with E-state index in [-0.39, 0.29) is 47.6 Å². The van der Waals surface area contributed by atoms with Crippen molar-refractivity contribution in [2.45, 2.75) is 98.2 Å². The van der Waals surface area contributed by atoms with Crippen LogP contribution in [-0.4, -0.2) is 72.3 Å². The molecule has 0 spiro atoms. The van der Waals surface area contributed by atoms with Crippen LogP contribution in [0.4, 0.5) is 4.79 Å². The minimum Gasteiger partial charge on any atom is -0.449 e. The van der Waals surface area contributed by atoms with Gasteiger partial charge in [-0.3, -0.25) is 19.2 Å². The van der Waals surface area contributed by atoms with Gasteiger partial charge in [-0.05, 0) is 47.8 Å². The van der Waals surface area contributed by atoms with Gasteiger partial charge < -0.3 is 25.6 Å². The highest BCUT2D eigenvalue weighted by atomic mass is 16.5. The first-order valence-electron chi connectivity index (χ1n) is 14.7. The van der Waals surface area contributed by atoms with Crippen LogP contribution in [0, 0.1) is 28.6 Å². The van der Waals surface area contributed by atoms with Gasteiger partial charge in [-0.25, -0.2) is 4.79 Å². The molecule has 3 rings (SSSR count). The highest BCUT2D eigenvalue weighted by Crippen LogP contribution is 2.65. The number of ether oxygens (including phenoxy) is 1. The Morgan fingerprint density at radius 1 is 1.10 bits per heavy atom. The maximum absolute atomic E-state index is 14.1. The zero-order chi connectivity index (χ0) is 29.8. The summed E-state index contributed by atoms with van der Waals surface area (Å²) in [4.78, 5) is 67.4. The molecule has 3 N–H and O–H groups in total. The normalized spacial score (nSPS) is 24.9. The van der Waals surface area contributed by atoms with Crippen molar-refractivity contribution in [3.8, 4) is 0 Å². The number of hydrogen-bond donors (Lipinski definition) is 3. The van der Waals surface area contributed by atoms with Crippen LogP contribution in [0.1, 0.15) is 80.1 Å². The summed E-state index contributed by atoms with van der Waals surface area (Å²) in [7, 11) is 0. The number of likely N-dealkylation sites (tertiary alicyclic amines) is 1. The zero-order valence-electron chi connectivity index (χ0n) is 25.0. The fourth-order valence-electron chi connectivity index (χ4n) is 6.34. The molecule has 0 aromatic rings. The van der Waals surface area contributed by atoms with Crippen molar-refractivity contribution in [3.63, 3.8) is 0 Å². The van der Waals surface area contributed by atoms with E-state index < -0.39 is 41.8 Å². The van der Waals surface area contributed by atoms with E-state index in [0.29, 0.717) is 19.4 Å². The van der Waals surface area contributed by atoms with Crippen LogP contribution in [0.3, 0.4) is 0 Å². The molecular weight excluding hydrogens is 512 g/mol. The number of Topliss-reactive ketones (excluding diaryl/α,β-unsaturated/α-hetero) is 1. The lowest BCUT2D eigenvalue weighted by molar-refractivity contribution is -0.144. The molecule has 3 fully saturated rings. The molecule has 3 aliphatic rings. The molecule has 0 aromatic carbocycles. The average molecular weight is 561 g/mol. The van der Waals surface area contributed by atoms with Gasteiger partial charge in [-0.2, -0.15) is 0 Å². The minimum absolute atomic E-state index is 0.0358. The molecule has 40 heavy (non-hydrogen) atoms. The molecule has 10 heteroatoms. The Morgan fingerprint density at radius 2 is 1.75 bits per heavy atom. The van der Waals surface area contributed by atoms with Crippen molar-refractivity contribution in [3.05, 3.63) is 12.7 Å². The van der Waals surface area contributed by atoms with Gasteiger partial charge in [0.05, 0.1) is 12.6 Å². The van der Waals surface area contributed by atoms with Crippen LogP contribution in [0.2, 0.25) is 0 Å². The van der Waals surface area contributed by atoms with E-state index in [1.165, 1.54) is 6.08 Å². The maximum atomic E-state index is 14.1. The van der Waals surface area contributed by atoms with E-state index in [1.807, 2.05) is 27.7 Å². The minimum atomic E-state index is -0.990. The lowest BCUT2D eigenvalue weighted by Gasteiger charge is -2.35. The predicted octanol–water partition coefficient (Wildman–Crippen LogP) is 2.96. The Balaban J connectivity index is 1.80. The number of alkyl carbamates (subject to hydrolysis) is 1. The number of ketones is 1. The summed E-state index contributed by atoms with van der Waals surface area (Å²) in [5.74, 6) is -2.18. The van der Waals surface area contributed by atoms with Crippen LogP contribution in [-0.2, 0) is 23.9 Å². The topological polar surface area (TPSA) is 134 Å². The Hall–Kier alpha value is -2.91. The Morgan fingerprint density at radius 3 is 2.33 bits per heavy atom. The largest absolute Gasteiger partial charge is 0.449 e. The van der Waals surface area contributed by atoms with Crippen molar-refractivity contribution in [1.82, 2.24) is 20.9 Å². The second-order valence-electron chi connectivity index (χ2n) is 13.4. The van der Waals surface area contributed by atoms with E-state index in [9.17, 15) is 24.0 Å². The quantitative estimate of drug-likeness (QED) is 0.248. The summed E-state index contributed by atoms with van der Waals surface area (Å²) < 4.78 is 5.42. The van der Waals surface area contributed by atoms with Crippen LogP contribution in [0.15, 0.2) is 12.7 Å². The highest BCUT2D eigenvalue weighted by Gasteiger charge is 2.69. The number of carbonyl (C=O) groups excluding carboxylic acids is 5. The Kier molecular flexibility index (Phi) is 10.1. The van der Waals surface area contributed by atoms with E-state index >= 15 is 0 Å². The second-order valence-corrected chi connectivity index (χ2v) is 13.4. The summed E-state index contributed by atoms with van der Waals surface area (Å²) in [6, 6.07) is -2.56. The molecule has 0 aromatic heterocycles. The number of piperidine rings is 1. The first kappa shape index (κ1) is 31.6. The number of rotatable bonds is 12. The van der Waals surface area contributed by atoms with Gasteiger partial charge in [-0.15, -0.1) is 6.58 Å². The third kappa shape index (κ3) is 7.23. The van der Waals surface area contributed by atoms with Gasteiger partial charge >= 0.3 is 6.09 Å². The van der Waals surface area contributed by atoms with Crippen LogP contribution in [0.5, 0.6) is 0 Å². The number of nitrogens with zero attached hydrogens (tertiary/aromatic N) is 1. The number of fused-ring (bicyclic) bond motifs is 1. The highest BCUT2D eigenvalue weighted by molar-refractivity contribution is 6.38. The summed E-state index contributed by atoms with van der Waals surface area (Å²) in [6.07, 6.45) is 5.30. The fraction of sp³-hybridized carbons (Fsp3) is 0.767. The summed E-state index contributed by atoms with van der Waals surface area (Å²) in [5.41, 5.74) is -0.351. The zero-order valence-corrected chi connectivity index (χ0v) is 25.0. The Labute approximate surface area is 238 Å². The molecular formula is C30H48N4O6. The predicted molar refractivity (Wildman–Crippen MR) is 151 cm³/mol. The number of hydrogen-bond acceptors (Lipinski definition) is 6. The molecule has 1 saturated heterocycles. The van der Waals surface area contributed by atoms with Gasteiger partial charge in [0.15, 0.2) is 0 Å². The molecule has 0 radical (unpaired) electrons. The van der Waals surface area contributed by atoms with Crippen LogP contribution < -0.4 is 16.0 Å². The third-order valence-electron chi connectivity index (χ3n) is 8.65. The van der Waals surface area contributed by atoms with Crippen molar-refractivity contribution in [1.29, 1.82) is 0 Å². The van der Waals surface area contributed by atoms with Crippen molar-refractivity contribution in [2.75, 3.05) is 19.7 Å². The molecule has 224 valence electrons. The molecule has 5 atom stereocenters. The number of carbonyl (C=O) groups is 5. The molecule has 4 amide bonds. The van der Waals surface area contributed by atoms with Gasteiger partial charge in [0.25, 0.3) is 5.91 Å². The van der Waals surface area contributed by atoms with E-state index in [0.717, 1.165) is 25.7 Å². The first-order valence-corrected chi connectivity index (χ1v) is 14.7.